The van der Waals surface area contributed by atoms with E-state index in [2.05, 4.69) is 20.0 Å². The van der Waals surface area contributed by atoms with E-state index in [9.17, 15) is 13.6 Å². The molecule has 0 bridgehead atoms. The molecule has 2 aromatic heterocycles. The van der Waals surface area contributed by atoms with Crippen molar-refractivity contribution in [2.24, 2.45) is 0 Å². The Balaban J connectivity index is 1.49. The molecule has 1 fully saturated rings. The maximum Gasteiger partial charge on any atom is 0.336 e. The van der Waals surface area contributed by atoms with Gasteiger partial charge in [-0.1, -0.05) is 18.2 Å². The summed E-state index contributed by atoms with van der Waals surface area (Å²) in [7, 11) is 1.34. The zero-order chi connectivity index (χ0) is 25.7. The van der Waals surface area contributed by atoms with Crippen LogP contribution in [0.3, 0.4) is 0 Å². The fourth-order valence-electron chi connectivity index (χ4n) is 4.05. The molecule has 3 aromatic rings. The highest BCUT2D eigenvalue weighted by Gasteiger charge is 2.27. The molecule has 0 unspecified atom stereocenters. The first-order valence-electron chi connectivity index (χ1n) is 11.4. The Morgan fingerprint density at radius 2 is 2.08 bits per heavy atom. The Kier molecular flexibility index (Phi) is 8.06. The number of methoxy groups -OCH3 is 1. The molecule has 2 N–H and O–H groups in total. The first-order valence-corrected chi connectivity index (χ1v) is 11.4. The van der Waals surface area contributed by atoms with Gasteiger partial charge in [-0.2, -0.15) is 13.9 Å². The van der Waals surface area contributed by atoms with Crippen molar-refractivity contribution in [3.05, 3.63) is 53.3 Å². The number of halogens is 2. The van der Waals surface area contributed by atoms with Crippen LogP contribution in [0.2, 0.25) is 0 Å². The summed E-state index contributed by atoms with van der Waals surface area (Å²) in [6.07, 6.45) is 0.995. The molecular formula is C24H28F2N6O4. The van der Waals surface area contributed by atoms with E-state index in [1.807, 2.05) is 24.3 Å². The number of benzene rings is 1. The van der Waals surface area contributed by atoms with Gasteiger partial charge < -0.3 is 19.9 Å². The number of alkyl halides is 2. The fourth-order valence-corrected chi connectivity index (χ4v) is 4.05. The van der Waals surface area contributed by atoms with Gasteiger partial charge >= 0.3 is 12.5 Å². The lowest BCUT2D eigenvalue weighted by Gasteiger charge is -2.31. The highest BCUT2D eigenvalue weighted by molar-refractivity contribution is 5.74. The van der Waals surface area contributed by atoms with E-state index in [-0.39, 0.29) is 5.95 Å². The number of morpholine rings is 1. The van der Waals surface area contributed by atoms with Crippen LogP contribution in [0.5, 0.6) is 5.75 Å². The maximum atomic E-state index is 13.5. The number of nitrogens with zero attached hydrogens (tertiary/aromatic N) is 5. The van der Waals surface area contributed by atoms with Gasteiger partial charge in [0.2, 0.25) is 5.95 Å². The van der Waals surface area contributed by atoms with Gasteiger partial charge in [0.15, 0.2) is 6.10 Å². The first-order chi connectivity index (χ1) is 17.3. The number of aromatic nitrogens is 4. The molecule has 0 amide bonds. The third kappa shape index (κ3) is 6.13. The average molecular weight is 503 g/mol. The number of hydrogen-bond donors (Lipinski definition) is 1. The Morgan fingerprint density at radius 1 is 1.28 bits per heavy atom. The Morgan fingerprint density at radius 3 is 2.83 bits per heavy atom. The van der Waals surface area contributed by atoms with Crippen LogP contribution in [0.25, 0.3) is 11.4 Å². The van der Waals surface area contributed by atoms with E-state index in [1.54, 1.807) is 13.0 Å². The molecule has 0 spiro atoms. The Bertz CT molecular complexity index is 1180. The zero-order valence-corrected chi connectivity index (χ0v) is 20.1. The molecule has 0 aliphatic carbocycles. The fraction of sp³-hybridized carbons (Fsp3) is 0.417. The van der Waals surface area contributed by atoms with Crippen LogP contribution in [0.15, 0.2) is 36.5 Å². The van der Waals surface area contributed by atoms with Crippen molar-refractivity contribution in [1.29, 1.82) is 0 Å². The van der Waals surface area contributed by atoms with Crippen molar-refractivity contribution in [3.63, 3.8) is 0 Å². The number of anilines is 1. The molecule has 0 radical (unpaired) electrons. The summed E-state index contributed by atoms with van der Waals surface area (Å²) in [6.45, 7) is 1.43. The molecule has 36 heavy (non-hydrogen) atoms. The summed E-state index contributed by atoms with van der Waals surface area (Å²) in [5.41, 5.74) is 8.43. The predicted molar refractivity (Wildman–Crippen MR) is 127 cm³/mol. The summed E-state index contributed by atoms with van der Waals surface area (Å²) in [5, 5.41) is 4.06. The van der Waals surface area contributed by atoms with Crippen LogP contribution in [0.4, 0.5) is 14.7 Å². The SMILES string of the molecule is COC(=O)[C@H]1CN(CCOc2ccccc2Cc2cn(C(F)F)nc2-c2cc(C)nc(N)n2)CCO1. The molecular weight excluding hydrogens is 474 g/mol. The van der Waals surface area contributed by atoms with Crippen molar-refractivity contribution in [3.8, 4) is 17.1 Å². The van der Waals surface area contributed by atoms with Crippen LogP contribution in [-0.2, 0) is 20.7 Å². The molecule has 1 saturated heterocycles. The Hall–Kier alpha value is -3.64. The predicted octanol–water partition coefficient (Wildman–Crippen LogP) is 2.47. The van der Waals surface area contributed by atoms with Gasteiger partial charge in [0.05, 0.1) is 19.4 Å². The number of nitrogens with two attached hydrogens (primary N) is 1. The van der Waals surface area contributed by atoms with Crippen LogP contribution in [-0.4, -0.2) is 76.7 Å². The monoisotopic (exact) mass is 502 g/mol. The van der Waals surface area contributed by atoms with E-state index < -0.39 is 18.6 Å². The molecule has 1 atom stereocenters. The topological polar surface area (TPSA) is 118 Å². The minimum Gasteiger partial charge on any atom is -0.492 e. The minimum atomic E-state index is -2.80. The number of aryl methyl sites for hydroxylation is 1. The number of carbonyl (C=O) groups excluding carboxylic acids is 1. The van der Waals surface area contributed by atoms with E-state index in [0.717, 1.165) is 5.56 Å². The zero-order valence-electron chi connectivity index (χ0n) is 20.1. The summed E-state index contributed by atoms with van der Waals surface area (Å²) < 4.78 is 43.8. The summed E-state index contributed by atoms with van der Waals surface area (Å²) in [5.74, 6) is 0.278. The van der Waals surface area contributed by atoms with Gasteiger partial charge in [0, 0.05) is 43.5 Å². The normalized spacial score (nSPS) is 16.3. The van der Waals surface area contributed by atoms with Gasteiger partial charge in [-0.15, -0.1) is 0 Å². The van der Waals surface area contributed by atoms with Crippen molar-refractivity contribution >= 4 is 11.9 Å². The molecule has 0 saturated carbocycles. The lowest BCUT2D eigenvalue weighted by molar-refractivity contribution is -0.159. The molecule has 1 aliphatic heterocycles. The smallest absolute Gasteiger partial charge is 0.336 e. The second-order valence-corrected chi connectivity index (χ2v) is 8.33. The van der Waals surface area contributed by atoms with Crippen LogP contribution in [0, 0.1) is 6.92 Å². The number of esters is 1. The van der Waals surface area contributed by atoms with Crippen LogP contribution >= 0.6 is 0 Å². The maximum absolute atomic E-state index is 13.5. The molecule has 1 aromatic carbocycles. The third-order valence-electron chi connectivity index (χ3n) is 5.76. The van der Waals surface area contributed by atoms with E-state index >= 15 is 0 Å². The Labute approximate surface area is 207 Å². The number of nitrogen functional groups attached to an aromatic ring is 1. The molecule has 3 heterocycles. The van der Waals surface area contributed by atoms with Crippen LogP contribution < -0.4 is 10.5 Å². The van der Waals surface area contributed by atoms with Crippen molar-refractivity contribution in [2.45, 2.75) is 26.0 Å². The number of carbonyl (C=O) groups is 1. The number of ether oxygens (including phenoxy) is 3. The van der Waals surface area contributed by atoms with Crippen LogP contribution in [0.1, 0.15) is 23.4 Å². The molecule has 4 rings (SSSR count). The summed E-state index contributed by atoms with van der Waals surface area (Å²) in [4.78, 5) is 22.1. The number of hydrogen-bond acceptors (Lipinski definition) is 9. The van der Waals surface area contributed by atoms with Gasteiger partial charge in [-0.25, -0.2) is 19.4 Å². The molecule has 10 nitrogen and oxygen atoms in total. The lowest BCUT2D eigenvalue weighted by atomic mass is 10.0. The van der Waals surface area contributed by atoms with Crippen molar-refractivity contribution in [2.75, 3.05) is 45.7 Å². The van der Waals surface area contributed by atoms with E-state index in [4.69, 9.17) is 19.9 Å². The summed E-state index contributed by atoms with van der Waals surface area (Å²) >= 11 is 0. The quantitative estimate of drug-likeness (QED) is 0.440. The molecule has 12 heteroatoms. The van der Waals surface area contributed by atoms with Crippen molar-refractivity contribution in [1.82, 2.24) is 24.6 Å². The first kappa shape index (κ1) is 25.5. The number of para-hydroxylation sites is 1. The van der Waals surface area contributed by atoms with Gasteiger partial charge in [-0.05, 0) is 24.6 Å². The summed E-state index contributed by atoms with van der Waals surface area (Å²) in [6, 6.07) is 9.06. The second kappa shape index (κ2) is 11.4. The van der Waals surface area contributed by atoms with Crippen molar-refractivity contribution < 1.29 is 27.8 Å². The van der Waals surface area contributed by atoms with Gasteiger partial charge in [0.25, 0.3) is 0 Å². The average Bonchev–Trinajstić information content (AvgIpc) is 3.28. The van der Waals surface area contributed by atoms with Gasteiger partial charge in [0.1, 0.15) is 18.1 Å². The van der Waals surface area contributed by atoms with E-state index in [1.165, 1.54) is 13.3 Å². The second-order valence-electron chi connectivity index (χ2n) is 8.33. The highest BCUT2D eigenvalue weighted by Crippen LogP contribution is 2.29. The largest absolute Gasteiger partial charge is 0.492 e. The van der Waals surface area contributed by atoms with Gasteiger partial charge in [-0.3, -0.25) is 4.90 Å². The van der Waals surface area contributed by atoms with E-state index in [0.29, 0.717) is 72.3 Å². The number of rotatable bonds is 9. The highest BCUT2D eigenvalue weighted by atomic mass is 19.3. The minimum absolute atomic E-state index is 0.0452. The third-order valence-corrected chi connectivity index (χ3v) is 5.76. The molecule has 1 aliphatic rings. The lowest BCUT2D eigenvalue weighted by Crippen LogP contribution is -2.47. The molecule has 192 valence electrons. The standard InChI is InChI=1S/C24H28F2N6O4/c1-15-11-18(29-24(27)28-15)21-17(13-32(30-21)23(25)26)12-16-5-3-4-6-19(16)35-9-7-31-8-10-36-20(14-31)22(33)34-2/h3-6,11,13,20,23H,7-10,12,14H2,1-2H3,(H2,27,28,29)/t20-/m1/s1.